The van der Waals surface area contributed by atoms with Crippen molar-refractivity contribution in [3.05, 3.63) is 29.8 Å². The highest BCUT2D eigenvalue weighted by Crippen LogP contribution is 2.33. The van der Waals surface area contributed by atoms with Crippen LogP contribution in [0.1, 0.15) is 42.5 Å². The van der Waals surface area contributed by atoms with Gasteiger partial charge in [0.1, 0.15) is 5.75 Å². The van der Waals surface area contributed by atoms with E-state index in [0.717, 1.165) is 19.3 Å². The predicted molar refractivity (Wildman–Crippen MR) is 105 cm³/mol. The van der Waals surface area contributed by atoms with E-state index < -0.39 is 0 Å². The lowest BCUT2D eigenvalue weighted by Gasteiger charge is -2.36. The Bertz CT molecular complexity index is 683. The SMILES string of the molecule is COc1cccc(C(=O)N2CCC(C(=O)NCC3(N(C)C)CCCC3)C2)c1. The van der Waals surface area contributed by atoms with Crippen molar-refractivity contribution in [3.8, 4) is 5.75 Å². The van der Waals surface area contributed by atoms with Crippen LogP contribution in [0.5, 0.6) is 5.75 Å². The van der Waals surface area contributed by atoms with E-state index in [9.17, 15) is 9.59 Å². The first-order valence-electron chi connectivity index (χ1n) is 9.84. The van der Waals surface area contributed by atoms with E-state index in [0.29, 0.717) is 30.9 Å². The monoisotopic (exact) mass is 373 g/mol. The second-order valence-corrected chi connectivity index (χ2v) is 8.01. The molecular formula is C21H31N3O3. The standard InChI is InChI=1S/C21H31N3O3/c1-23(2)21(10-4-5-11-21)15-22-19(25)17-9-12-24(14-17)20(26)16-7-6-8-18(13-16)27-3/h6-8,13,17H,4-5,9-12,14-15H2,1-3H3,(H,22,25). The Morgan fingerprint density at radius 2 is 2.04 bits per heavy atom. The van der Waals surface area contributed by atoms with Gasteiger partial charge in [0.15, 0.2) is 0 Å². The molecule has 2 aliphatic rings. The van der Waals surface area contributed by atoms with E-state index >= 15 is 0 Å². The molecule has 0 radical (unpaired) electrons. The molecule has 1 aliphatic carbocycles. The average Bonchev–Trinajstić information content (AvgIpc) is 3.36. The molecule has 3 rings (SSSR count). The second kappa shape index (κ2) is 8.30. The highest BCUT2D eigenvalue weighted by Gasteiger charge is 2.38. The molecule has 0 bridgehead atoms. The van der Waals surface area contributed by atoms with Crippen molar-refractivity contribution >= 4 is 11.8 Å². The highest BCUT2D eigenvalue weighted by atomic mass is 16.5. The fraction of sp³-hybridized carbons (Fsp3) is 0.619. The Kier molecular flexibility index (Phi) is 6.05. The third-order valence-corrected chi connectivity index (χ3v) is 6.24. The number of likely N-dealkylation sites (tertiary alicyclic amines) is 1. The van der Waals surface area contributed by atoms with Crippen molar-refractivity contribution in [2.75, 3.05) is 40.8 Å². The molecule has 1 N–H and O–H groups in total. The maximum atomic E-state index is 12.7. The van der Waals surface area contributed by atoms with Gasteiger partial charge in [0, 0.05) is 30.7 Å². The molecule has 1 saturated heterocycles. The van der Waals surface area contributed by atoms with Crippen LogP contribution in [0.25, 0.3) is 0 Å². The van der Waals surface area contributed by atoms with Crippen LogP contribution in [0.15, 0.2) is 24.3 Å². The summed E-state index contributed by atoms with van der Waals surface area (Å²) < 4.78 is 5.20. The van der Waals surface area contributed by atoms with Gasteiger partial charge in [0.05, 0.1) is 13.0 Å². The van der Waals surface area contributed by atoms with Crippen molar-refractivity contribution in [3.63, 3.8) is 0 Å². The molecule has 148 valence electrons. The van der Waals surface area contributed by atoms with Gasteiger partial charge in [0.25, 0.3) is 5.91 Å². The minimum atomic E-state index is -0.125. The van der Waals surface area contributed by atoms with Gasteiger partial charge in [-0.2, -0.15) is 0 Å². The molecule has 1 saturated carbocycles. The van der Waals surface area contributed by atoms with Crippen LogP contribution in [0.4, 0.5) is 0 Å². The quantitative estimate of drug-likeness (QED) is 0.830. The van der Waals surface area contributed by atoms with Gasteiger partial charge in [-0.05, 0) is 51.6 Å². The number of hydrogen-bond donors (Lipinski definition) is 1. The molecule has 0 aromatic heterocycles. The Morgan fingerprint density at radius 3 is 2.70 bits per heavy atom. The molecule has 1 aliphatic heterocycles. The molecule has 6 nitrogen and oxygen atoms in total. The van der Waals surface area contributed by atoms with Crippen LogP contribution >= 0.6 is 0 Å². The smallest absolute Gasteiger partial charge is 0.254 e. The number of likely N-dealkylation sites (N-methyl/N-ethyl adjacent to an activating group) is 1. The van der Waals surface area contributed by atoms with Crippen molar-refractivity contribution in [2.45, 2.75) is 37.6 Å². The Labute approximate surface area is 161 Å². The Balaban J connectivity index is 1.55. The van der Waals surface area contributed by atoms with E-state index in [1.54, 1.807) is 24.1 Å². The molecule has 2 fully saturated rings. The number of methoxy groups -OCH3 is 1. The molecule has 6 heteroatoms. The minimum absolute atomic E-state index is 0.0373. The maximum absolute atomic E-state index is 12.7. The van der Waals surface area contributed by atoms with Gasteiger partial charge in [-0.25, -0.2) is 0 Å². The molecule has 1 atom stereocenters. The summed E-state index contributed by atoms with van der Waals surface area (Å²) in [5.74, 6) is 0.578. The van der Waals surface area contributed by atoms with Crippen LogP contribution in [-0.2, 0) is 4.79 Å². The summed E-state index contributed by atoms with van der Waals surface area (Å²) in [7, 11) is 5.79. The van der Waals surface area contributed by atoms with E-state index in [2.05, 4.69) is 24.3 Å². The van der Waals surface area contributed by atoms with E-state index in [-0.39, 0.29) is 23.3 Å². The van der Waals surface area contributed by atoms with Gasteiger partial charge < -0.3 is 19.9 Å². The summed E-state index contributed by atoms with van der Waals surface area (Å²) in [6.07, 6.45) is 5.42. The first kappa shape index (κ1) is 19.7. The summed E-state index contributed by atoms with van der Waals surface area (Å²) in [5, 5.41) is 3.17. The summed E-state index contributed by atoms with van der Waals surface area (Å²) in [6, 6.07) is 7.17. The normalized spacial score (nSPS) is 21.5. The molecule has 2 amide bonds. The van der Waals surface area contributed by atoms with Crippen LogP contribution < -0.4 is 10.1 Å². The molecule has 27 heavy (non-hydrogen) atoms. The number of nitrogens with zero attached hydrogens (tertiary/aromatic N) is 2. The van der Waals surface area contributed by atoms with Crippen molar-refractivity contribution < 1.29 is 14.3 Å². The minimum Gasteiger partial charge on any atom is -0.497 e. The van der Waals surface area contributed by atoms with E-state index in [4.69, 9.17) is 4.74 Å². The third kappa shape index (κ3) is 4.26. The second-order valence-electron chi connectivity index (χ2n) is 8.01. The summed E-state index contributed by atoms with van der Waals surface area (Å²) in [6.45, 7) is 1.79. The molecule has 1 heterocycles. The third-order valence-electron chi connectivity index (χ3n) is 6.24. The van der Waals surface area contributed by atoms with Gasteiger partial charge in [-0.3, -0.25) is 9.59 Å². The fourth-order valence-electron chi connectivity index (χ4n) is 4.31. The van der Waals surface area contributed by atoms with E-state index in [1.807, 2.05) is 12.1 Å². The first-order valence-corrected chi connectivity index (χ1v) is 9.84. The molecule has 1 aromatic rings. The number of ether oxygens (including phenoxy) is 1. The number of carbonyl (C=O) groups is 2. The van der Waals surface area contributed by atoms with Gasteiger partial charge >= 0.3 is 0 Å². The zero-order valence-corrected chi connectivity index (χ0v) is 16.7. The molecule has 0 spiro atoms. The van der Waals surface area contributed by atoms with E-state index in [1.165, 1.54) is 12.8 Å². The molecule has 1 unspecified atom stereocenters. The number of hydrogen-bond acceptors (Lipinski definition) is 4. The van der Waals surface area contributed by atoms with Crippen LogP contribution in [0.3, 0.4) is 0 Å². The van der Waals surface area contributed by atoms with Crippen LogP contribution in [-0.4, -0.2) is 68.0 Å². The van der Waals surface area contributed by atoms with Gasteiger partial charge in [-0.15, -0.1) is 0 Å². The summed E-state index contributed by atoms with van der Waals surface area (Å²) in [5.41, 5.74) is 0.692. The summed E-state index contributed by atoms with van der Waals surface area (Å²) in [4.78, 5) is 29.4. The topological polar surface area (TPSA) is 61.9 Å². The Hall–Kier alpha value is -2.08. The lowest BCUT2D eigenvalue weighted by molar-refractivity contribution is -0.125. The largest absolute Gasteiger partial charge is 0.497 e. The van der Waals surface area contributed by atoms with Crippen molar-refractivity contribution in [2.24, 2.45) is 5.92 Å². The van der Waals surface area contributed by atoms with Crippen LogP contribution in [0, 0.1) is 5.92 Å². The van der Waals surface area contributed by atoms with Crippen molar-refractivity contribution in [1.29, 1.82) is 0 Å². The van der Waals surface area contributed by atoms with Gasteiger partial charge in [-0.1, -0.05) is 18.9 Å². The number of carbonyl (C=O) groups excluding carboxylic acids is 2. The predicted octanol–water partition coefficient (Wildman–Crippen LogP) is 2.15. The number of rotatable bonds is 6. The highest BCUT2D eigenvalue weighted by molar-refractivity contribution is 5.95. The lowest BCUT2D eigenvalue weighted by Crippen LogP contribution is -2.51. The average molecular weight is 373 g/mol. The first-order chi connectivity index (χ1) is 12.9. The molecular weight excluding hydrogens is 342 g/mol. The number of amides is 2. The molecule has 1 aromatic carbocycles. The van der Waals surface area contributed by atoms with Crippen LogP contribution in [0.2, 0.25) is 0 Å². The lowest BCUT2D eigenvalue weighted by atomic mass is 9.95. The van der Waals surface area contributed by atoms with Crippen molar-refractivity contribution in [1.82, 2.24) is 15.1 Å². The zero-order chi connectivity index (χ0) is 19.4. The number of nitrogens with one attached hydrogen (secondary N) is 1. The number of benzene rings is 1. The zero-order valence-electron chi connectivity index (χ0n) is 16.7. The Morgan fingerprint density at radius 1 is 1.30 bits per heavy atom. The summed E-state index contributed by atoms with van der Waals surface area (Å²) >= 11 is 0. The maximum Gasteiger partial charge on any atom is 0.254 e. The fourth-order valence-corrected chi connectivity index (χ4v) is 4.31. The van der Waals surface area contributed by atoms with Gasteiger partial charge in [0.2, 0.25) is 5.91 Å².